The van der Waals surface area contributed by atoms with Crippen molar-refractivity contribution < 1.29 is 29.4 Å². The number of rotatable bonds is 9. The van der Waals surface area contributed by atoms with Crippen LogP contribution < -0.4 is 15.5 Å². The molecule has 29 heavy (non-hydrogen) atoms. The van der Waals surface area contributed by atoms with Gasteiger partial charge in [-0.05, 0) is 29.8 Å². The molecule has 4 N–H and O–H groups in total. The quantitative estimate of drug-likeness (QED) is 0.292. The summed E-state index contributed by atoms with van der Waals surface area (Å²) in [4.78, 5) is 23.7. The first-order chi connectivity index (χ1) is 14.0. The molecule has 8 nitrogen and oxygen atoms in total. The second kappa shape index (κ2) is 11.5. The van der Waals surface area contributed by atoms with Gasteiger partial charge < -0.3 is 14.6 Å². The number of hydrogen-bond acceptors (Lipinski definition) is 6. The number of hydrogen-bond donors (Lipinski definition) is 4. The maximum atomic E-state index is 12.4. The van der Waals surface area contributed by atoms with E-state index in [0.717, 1.165) is 6.08 Å². The SMILES string of the molecule is C[C@@H](/C=C/C(=O)NO)[C@@H](OC(=O)Nc1ccccc1)c1cccc(OCCO)c1. The van der Waals surface area contributed by atoms with Crippen LogP contribution in [0, 0.1) is 5.92 Å². The van der Waals surface area contributed by atoms with E-state index in [2.05, 4.69) is 5.32 Å². The molecule has 0 saturated carbocycles. The Morgan fingerprint density at radius 1 is 1.14 bits per heavy atom. The summed E-state index contributed by atoms with van der Waals surface area (Å²) in [5, 5.41) is 20.2. The molecule has 0 spiro atoms. The molecule has 0 unspecified atom stereocenters. The van der Waals surface area contributed by atoms with Gasteiger partial charge in [-0.2, -0.15) is 0 Å². The topological polar surface area (TPSA) is 117 Å². The molecule has 2 rings (SSSR count). The molecule has 2 aromatic rings. The number of para-hydroxylation sites is 1. The van der Waals surface area contributed by atoms with E-state index < -0.39 is 24.0 Å². The lowest BCUT2D eigenvalue weighted by Gasteiger charge is -2.23. The third-order valence-electron chi connectivity index (χ3n) is 3.94. The maximum Gasteiger partial charge on any atom is 0.412 e. The molecule has 2 aromatic carbocycles. The summed E-state index contributed by atoms with van der Waals surface area (Å²) in [6.45, 7) is 1.78. The molecule has 2 atom stereocenters. The van der Waals surface area contributed by atoms with Gasteiger partial charge in [0.25, 0.3) is 5.91 Å². The number of hydroxylamine groups is 1. The van der Waals surface area contributed by atoms with Crippen LogP contribution in [0.25, 0.3) is 0 Å². The molecule has 0 aliphatic rings. The molecule has 0 fully saturated rings. The lowest BCUT2D eigenvalue weighted by atomic mass is 9.96. The van der Waals surface area contributed by atoms with E-state index in [9.17, 15) is 9.59 Å². The van der Waals surface area contributed by atoms with Gasteiger partial charge in [-0.25, -0.2) is 10.3 Å². The lowest BCUT2D eigenvalue weighted by molar-refractivity contribution is -0.124. The summed E-state index contributed by atoms with van der Waals surface area (Å²) in [7, 11) is 0. The molecule has 0 aliphatic carbocycles. The van der Waals surface area contributed by atoms with Crippen molar-refractivity contribution in [1.82, 2.24) is 5.48 Å². The number of amides is 2. The van der Waals surface area contributed by atoms with Crippen LogP contribution in [0.3, 0.4) is 0 Å². The van der Waals surface area contributed by atoms with Gasteiger partial charge in [0, 0.05) is 17.7 Å². The van der Waals surface area contributed by atoms with Gasteiger partial charge in [0.05, 0.1) is 6.61 Å². The number of nitrogens with one attached hydrogen (secondary N) is 2. The Kier molecular flexibility index (Phi) is 8.68. The second-order valence-electron chi connectivity index (χ2n) is 6.16. The fourth-order valence-corrected chi connectivity index (χ4v) is 2.59. The van der Waals surface area contributed by atoms with E-state index in [1.165, 1.54) is 11.6 Å². The normalized spacial score (nSPS) is 12.8. The predicted molar refractivity (Wildman–Crippen MR) is 107 cm³/mol. The molecule has 2 amide bonds. The van der Waals surface area contributed by atoms with Crippen LogP contribution in [0.4, 0.5) is 10.5 Å². The average Bonchev–Trinajstić information content (AvgIpc) is 2.75. The van der Waals surface area contributed by atoms with Gasteiger partial charge >= 0.3 is 6.09 Å². The van der Waals surface area contributed by atoms with Crippen molar-refractivity contribution in [2.24, 2.45) is 5.92 Å². The molecule has 154 valence electrons. The van der Waals surface area contributed by atoms with Gasteiger partial charge in [0.2, 0.25) is 0 Å². The van der Waals surface area contributed by atoms with Crippen LogP contribution in [0.2, 0.25) is 0 Å². The van der Waals surface area contributed by atoms with Crippen molar-refractivity contribution in [3.8, 4) is 5.75 Å². The van der Waals surface area contributed by atoms with Crippen LogP contribution in [-0.2, 0) is 9.53 Å². The number of aliphatic hydroxyl groups excluding tert-OH is 1. The zero-order valence-electron chi connectivity index (χ0n) is 15.9. The Labute approximate surface area is 168 Å². The fraction of sp³-hybridized carbons (Fsp3) is 0.238. The summed E-state index contributed by atoms with van der Waals surface area (Å²) < 4.78 is 11.0. The van der Waals surface area contributed by atoms with Crippen LogP contribution in [0.5, 0.6) is 5.75 Å². The van der Waals surface area contributed by atoms with E-state index in [0.29, 0.717) is 17.0 Å². The largest absolute Gasteiger partial charge is 0.491 e. The van der Waals surface area contributed by atoms with Gasteiger partial charge in [0.1, 0.15) is 18.5 Å². The van der Waals surface area contributed by atoms with Crippen LogP contribution in [0.15, 0.2) is 66.7 Å². The highest BCUT2D eigenvalue weighted by Gasteiger charge is 2.23. The molecule has 0 radical (unpaired) electrons. The molecule has 8 heteroatoms. The highest BCUT2D eigenvalue weighted by Crippen LogP contribution is 2.30. The Morgan fingerprint density at radius 2 is 1.90 bits per heavy atom. The van der Waals surface area contributed by atoms with Gasteiger partial charge in [-0.3, -0.25) is 15.3 Å². The smallest absolute Gasteiger partial charge is 0.412 e. The molecule has 0 heterocycles. The van der Waals surface area contributed by atoms with E-state index >= 15 is 0 Å². The standard InChI is InChI=1S/C21H24N2O6/c1-15(10-11-19(25)23-27)20(16-6-5-9-18(14-16)28-13-12-24)29-21(26)22-17-7-3-2-4-8-17/h2-11,14-15,20,24,27H,12-13H2,1H3,(H,22,26)(H,23,25)/b11-10+/t15-,20+/m0/s1. The number of anilines is 1. The molecule has 0 aromatic heterocycles. The van der Waals surface area contributed by atoms with Crippen LogP contribution >= 0.6 is 0 Å². The summed E-state index contributed by atoms with van der Waals surface area (Å²) in [5.41, 5.74) is 2.74. The van der Waals surface area contributed by atoms with Gasteiger partial charge in [0.15, 0.2) is 0 Å². The van der Waals surface area contributed by atoms with Gasteiger partial charge in [-0.1, -0.05) is 43.3 Å². The van der Waals surface area contributed by atoms with Crippen molar-refractivity contribution in [3.63, 3.8) is 0 Å². The molecular formula is C21H24N2O6. The Bertz CT molecular complexity index is 825. The average molecular weight is 400 g/mol. The summed E-state index contributed by atoms with van der Waals surface area (Å²) in [6, 6.07) is 15.8. The maximum absolute atomic E-state index is 12.4. The monoisotopic (exact) mass is 400 g/mol. The van der Waals surface area contributed by atoms with E-state index in [4.69, 9.17) is 19.8 Å². The minimum atomic E-state index is -0.737. The van der Waals surface area contributed by atoms with E-state index in [1.807, 2.05) is 6.07 Å². The fourth-order valence-electron chi connectivity index (χ4n) is 2.59. The zero-order valence-corrected chi connectivity index (χ0v) is 15.9. The third-order valence-corrected chi connectivity index (χ3v) is 3.94. The third kappa shape index (κ3) is 7.28. The number of carbonyl (C=O) groups excluding carboxylic acids is 2. The van der Waals surface area contributed by atoms with Crippen molar-refractivity contribution in [2.45, 2.75) is 13.0 Å². The highest BCUT2D eigenvalue weighted by atomic mass is 16.6. The summed E-state index contributed by atoms with van der Waals surface area (Å²) >= 11 is 0. The molecular weight excluding hydrogens is 376 g/mol. The van der Waals surface area contributed by atoms with Crippen molar-refractivity contribution in [1.29, 1.82) is 0 Å². The summed E-state index contributed by atoms with van der Waals surface area (Å²) in [6.07, 6.45) is 1.28. The van der Waals surface area contributed by atoms with Crippen molar-refractivity contribution in [2.75, 3.05) is 18.5 Å². The first kappa shape index (κ1) is 21.9. The van der Waals surface area contributed by atoms with Gasteiger partial charge in [-0.15, -0.1) is 0 Å². The number of benzene rings is 2. The van der Waals surface area contributed by atoms with E-state index in [1.54, 1.807) is 55.5 Å². The second-order valence-corrected chi connectivity index (χ2v) is 6.16. The number of carbonyl (C=O) groups is 2. The minimum absolute atomic E-state index is 0.126. The molecule has 0 saturated heterocycles. The van der Waals surface area contributed by atoms with Crippen LogP contribution in [-0.4, -0.2) is 35.5 Å². The first-order valence-electron chi connectivity index (χ1n) is 9.02. The molecule has 0 aliphatic heterocycles. The Morgan fingerprint density at radius 3 is 2.59 bits per heavy atom. The number of ether oxygens (including phenoxy) is 2. The predicted octanol–water partition coefficient (Wildman–Crippen LogP) is 3.05. The molecule has 0 bridgehead atoms. The minimum Gasteiger partial charge on any atom is -0.491 e. The zero-order chi connectivity index (χ0) is 21.1. The van der Waals surface area contributed by atoms with Crippen molar-refractivity contribution >= 4 is 17.7 Å². The number of aliphatic hydroxyl groups is 1. The summed E-state index contributed by atoms with van der Waals surface area (Å²) in [5.74, 6) is -0.579. The Balaban J connectivity index is 2.21. The van der Waals surface area contributed by atoms with E-state index in [-0.39, 0.29) is 13.2 Å². The van der Waals surface area contributed by atoms with Crippen LogP contribution in [0.1, 0.15) is 18.6 Å². The first-order valence-corrected chi connectivity index (χ1v) is 9.02. The van der Waals surface area contributed by atoms with Crippen molar-refractivity contribution in [3.05, 3.63) is 72.3 Å². The lowest BCUT2D eigenvalue weighted by Crippen LogP contribution is -2.22. The highest BCUT2D eigenvalue weighted by molar-refractivity contribution is 5.86. The Hall–Kier alpha value is -3.36.